The van der Waals surface area contributed by atoms with E-state index in [-0.39, 0.29) is 5.91 Å². The number of thioether (sulfide) groups is 1. The number of aliphatic hydroxyl groups is 1. The average molecular weight is 280 g/mol. The zero-order chi connectivity index (χ0) is 13.5. The van der Waals surface area contributed by atoms with E-state index in [0.29, 0.717) is 18.2 Å². The molecule has 1 unspecified atom stereocenters. The van der Waals surface area contributed by atoms with Crippen molar-refractivity contribution in [3.05, 3.63) is 24.5 Å². The Morgan fingerprint density at radius 1 is 1.42 bits per heavy atom. The second-order valence-electron chi connectivity index (χ2n) is 4.89. The highest BCUT2D eigenvalue weighted by atomic mass is 32.2. The summed E-state index contributed by atoms with van der Waals surface area (Å²) in [6, 6.07) is 3.76. The summed E-state index contributed by atoms with van der Waals surface area (Å²) in [6.07, 6.45) is 7.61. The third-order valence-electron chi connectivity index (χ3n) is 3.47. The van der Waals surface area contributed by atoms with E-state index >= 15 is 0 Å². The molecule has 0 radical (unpaired) electrons. The maximum atomic E-state index is 11.7. The normalized spacial score (nSPS) is 17.3. The van der Waals surface area contributed by atoms with Crippen molar-refractivity contribution in [2.45, 2.75) is 36.7 Å². The van der Waals surface area contributed by atoms with Crippen molar-refractivity contribution < 1.29 is 9.90 Å². The van der Waals surface area contributed by atoms with Crippen LogP contribution in [0.4, 0.5) is 0 Å². The molecule has 1 saturated carbocycles. The molecule has 0 spiro atoms. The summed E-state index contributed by atoms with van der Waals surface area (Å²) in [5, 5.41) is 12.8. The Kier molecular flexibility index (Phi) is 5.66. The van der Waals surface area contributed by atoms with E-state index in [9.17, 15) is 9.90 Å². The van der Waals surface area contributed by atoms with Crippen molar-refractivity contribution in [3.63, 3.8) is 0 Å². The van der Waals surface area contributed by atoms with E-state index < -0.39 is 6.10 Å². The summed E-state index contributed by atoms with van der Waals surface area (Å²) in [5.41, 5.74) is 0. The fourth-order valence-corrected chi connectivity index (χ4v) is 3.08. The van der Waals surface area contributed by atoms with Gasteiger partial charge in [0.2, 0.25) is 5.91 Å². The number of nitrogens with zero attached hydrogens (tertiary/aromatic N) is 1. The Morgan fingerprint density at radius 2 is 2.11 bits per heavy atom. The summed E-state index contributed by atoms with van der Waals surface area (Å²) in [7, 11) is 0. The fourth-order valence-electron chi connectivity index (χ4n) is 2.36. The molecular weight excluding hydrogens is 260 g/mol. The first-order chi connectivity index (χ1) is 9.25. The van der Waals surface area contributed by atoms with Gasteiger partial charge < -0.3 is 10.4 Å². The van der Waals surface area contributed by atoms with Gasteiger partial charge in [0.05, 0.1) is 11.9 Å². The number of nitrogens with one attached hydrogen (secondary N) is 1. The van der Waals surface area contributed by atoms with Gasteiger partial charge in [-0.2, -0.15) is 0 Å². The molecule has 104 valence electrons. The third kappa shape index (κ3) is 4.84. The smallest absolute Gasteiger partial charge is 0.230 e. The summed E-state index contributed by atoms with van der Waals surface area (Å²) in [5.74, 6) is 0.716. The lowest BCUT2D eigenvalue weighted by atomic mass is 10.0. The van der Waals surface area contributed by atoms with Crippen molar-refractivity contribution in [1.82, 2.24) is 10.3 Å². The molecule has 1 aliphatic carbocycles. The number of carbonyl (C=O) groups is 1. The van der Waals surface area contributed by atoms with Crippen LogP contribution in [0, 0.1) is 5.92 Å². The Morgan fingerprint density at radius 3 is 2.79 bits per heavy atom. The molecule has 0 bridgehead atoms. The van der Waals surface area contributed by atoms with E-state index in [2.05, 4.69) is 10.3 Å². The lowest BCUT2D eigenvalue weighted by Crippen LogP contribution is -2.36. The van der Waals surface area contributed by atoms with Crippen LogP contribution in [0.5, 0.6) is 0 Å². The predicted molar refractivity (Wildman–Crippen MR) is 75.9 cm³/mol. The molecule has 2 N–H and O–H groups in total. The van der Waals surface area contributed by atoms with Gasteiger partial charge in [0.1, 0.15) is 0 Å². The van der Waals surface area contributed by atoms with Crippen LogP contribution in [-0.2, 0) is 4.79 Å². The monoisotopic (exact) mass is 280 g/mol. The van der Waals surface area contributed by atoms with E-state index in [1.165, 1.54) is 24.6 Å². The average Bonchev–Trinajstić information content (AvgIpc) is 2.98. The van der Waals surface area contributed by atoms with E-state index in [0.717, 1.165) is 17.7 Å². The van der Waals surface area contributed by atoms with Crippen LogP contribution in [0.1, 0.15) is 25.7 Å². The maximum Gasteiger partial charge on any atom is 0.230 e. The van der Waals surface area contributed by atoms with Crippen molar-refractivity contribution in [3.8, 4) is 0 Å². The number of hydrogen-bond donors (Lipinski definition) is 2. The van der Waals surface area contributed by atoms with Gasteiger partial charge in [-0.05, 0) is 30.9 Å². The standard InChI is InChI=1S/C14H20N2O2S/c17-13(11-3-1-2-4-11)9-16-14(18)10-19-12-5-7-15-8-6-12/h5-8,11,13,17H,1-4,9-10H2,(H,16,18). The van der Waals surface area contributed by atoms with Crippen molar-refractivity contribution in [2.75, 3.05) is 12.3 Å². The largest absolute Gasteiger partial charge is 0.391 e. The van der Waals surface area contributed by atoms with Crippen LogP contribution in [0.3, 0.4) is 0 Å². The first kappa shape index (κ1) is 14.3. The molecule has 1 heterocycles. The molecule has 19 heavy (non-hydrogen) atoms. The molecule has 1 atom stereocenters. The Labute approximate surface area is 118 Å². The lowest BCUT2D eigenvalue weighted by Gasteiger charge is -2.17. The summed E-state index contributed by atoms with van der Waals surface area (Å²) < 4.78 is 0. The predicted octanol–water partition coefficient (Wildman–Crippen LogP) is 1.84. The minimum Gasteiger partial charge on any atom is -0.391 e. The van der Waals surface area contributed by atoms with Gasteiger partial charge in [0.15, 0.2) is 0 Å². The summed E-state index contributed by atoms with van der Waals surface area (Å²) in [4.78, 5) is 16.6. The third-order valence-corrected chi connectivity index (χ3v) is 4.48. The maximum absolute atomic E-state index is 11.7. The molecule has 1 fully saturated rings. The molecular formula is C14H20N2O2S. The van der Waals surface area contributed by atoms with Crippen molar-refractivity contribution >= 4 is 17.7 Å². The van der Waals surface area contributed by atoms with Crippen LogP contribution in [0.2, 0.25) is 0 Å². The van der Waals surface area contributed by atoms with Crippen molar-refractivity contribution in [1.29, 1.82) is 0 Å². The van der Waals surface area contributed by atoms with Crippen LogP contribution in [0.25, 0.3) is 0 Å². The minimum atomic E-state index is -0.391. The first-order valence-electron chi connectivity index (χ1n) is 6.73. The molecule has 4 nitrogen and oxygen atoms in total. The molecule has 5 heteroatoms. The van der Waals surface area contributed by atoms with Crippen LogP contribution in [-0.4, -0.2) is 34.4 Å². The number of aromatic nitrogens is 1. The number of pyridine rings is 1. The summed E-state index contributed by atoms with van der Waals surface area (Å²) >= 11 is 1.48. The Hall–Kier alpha value is -1.07. The SMILES string of the molecule is O=C(CSc1ccncc1)NCC(O)C1CCCC1. The molecule has 1 aliphatic rings. The highest BCUT2D eigenvalue weighted by molar-refractivity contribution is 8.00. The lowest BCUT2D eigenvalue weighted by molar-refractivity contribution is -0.119. The minimum absolute atomic E-state index is 0.0288. The van der Waals surface area contributed by atoms with E-state index in [4.69, 9.17) is 0 Å². The zero-order valence-corrected chi connectivity index (χ0v) is 11.7. The highest BCUT2D eigenvalue weighted by Crippen LogP contribution is 2.27. The Bertz CT molecular complexity index is 394. The number of hydrogen-bond acceptors (Lipinski definition) is 4. The highest BCUT2D eigenvalue weighted by Gasteiger charge is 2.23. The number of amides is 1. The van der Waals surface area contributed by atoms with E-state index in [1.807, 2.05) is 12.1 Å². The molecule has 1 aromatic rings. The van der Waals surface area contributed by atoms with Gasteiger partial charge in [-0.1, -0.05) is 12.8 Å². The zero-order valence-electron chi connectivity index (χ0n) is 10.9. The van der Waals surface area contributed by atoms with Crippen molar-refractivity contribution in [2.24, 2.45) is 5.92 Å². The number of rotatable bonds is 6. The molecule has 1 amide bonds. The van der Waals surface area contributed by atoms with Gasteiger partial charge in [-0.15, -0.1) is 11.8 Å². The van der Waals surface area contributed by atoms with Crippen LogP contribution < -0.4 is 5.32 Å². The second kappa shape index (κ2) is 7.50. The van der Waals surface area contributed by atoms with Gasteiger partial charge in [-0.25, -0.2) is 0 Å². The van der Waals surface area contributed by atoms with E-state index in [1.54, 1.807) is 12.4 Å². The quantitative estimate of drug-likeness (QED) is 0.781. The fraction of sp³-hybridized carbons (Fsp3) is 0.571. The topological polar surface area (TPSA) is 62.2 Å². The first-order valence-corrected chi connectivity index (χ1v) is 7.72. The van der Waals surface area contributed by atoms with Crippen LogP contribution >= 0.6 is 11.8 Å². The van der Waals surface area contributed by atoms with Gasteiger partial charge in [0.25, 0.3) is 0 Å². The molecule has 0 aliphatic heterocycles. The van der Waals surface area contributed by atoms with Gasteiger partial charge >= 0.3 is 0 Å². The number of carbonyl (C=O) groups excluding carboxylic acids is 1. The van der Waals surface area contributed by atoms with Crippen LogP contribution in [0.15, 0.2) is 29.4 Å². The molecule has 2 rings (SSSR count). The molecule has 0 saturated heterocycles. The number of aliphatic hydroxyl groups excluding tert-OH is 1. The Balaban J connectivity index is 1.64. The second-order valence-corrected chi connectivity index (χ2v) is 5.94. The molecule has 0 aromatic carbocycles. The van der Waals surface area contributed by atoms with Gasteiger partial charge in [0, 0.05) is 23.8 Å². The van der Waals surface area contributed by atoms with Gasteiger partial charge in [-0.3, -0.25) is 9.78 Å². The molecule has 1 aromatic heterocycles. The summed E-state index contributed by atoms with van der Waals surface area (Å²) in [6.45, 7) is 0.375.